The molecule has 1 aromatic rings. The van der Waals surface area contributed by atoms with Crippen LogP contribution in [0.2, 0.25) is 0 Å². The van der Waals surface area contributed by atoms with Gasteiger partial charge < -0.3 is 10.1 Å². The fourth-order valence-electron chi connectivity index (χ4n) is 2.57. The zero-order valence-electron chi connectivity index (χ0n) is 11.8. The average molecular weight is 247 g/mol. The van der Waals surface area contributed by atoms with E-state index in [2.05, 4.69) is 49.5 Å². The maximum Gasteiger partial charge on any atom is 0.0623 e. The van der Waals surface area contributed by atoms with Crippen molar-refractivity contribution in [1.29, 1.82) is 0 Å². The van der Waals surface area contributed by atoms with Crippen LogP contribution in [0.15, 0.2) is 30.3 Å². The Morgan fingerprint density at radius 2 is 1.89 bits per heavy atom. The van der Waals surface area contributed by atoms with Crippen LogP contribution in [0.25, 0.3) is 0 Å². The van der Waals surface area contributed by atoms with Gasteiger partial charge in [0.2, 0.25) is 0 Å². The molecule has 0 aromatic heterocycles. The second-order valence-electron chi connectivity index (χ2n) is 6.23. The molecule has 100 valence electrons. The molecule has 2 nitrogen and oxygen atoms in total. The van der Waals surface area contributed by atoms with Crippen LogP contribution in [0.1, 0.15) is 32.3 Å². The first-order valence-electron chi connectivity index (χ1n) is 6.85. The minimum absolute atomic E-state index is 0.000716. The molecule has 0 atom stereocenters. The molecule has 2 rings (SSSR count). The van der Waals surface area contributed by atoms with Crippen LogP contribution in [-0.2, 0) is 11.2 Å². The Hall–Kier alpha value is -0.860. The molecule has 0 saturated carbocycles. The first-order valence-corrected chi connectivity index (χ1v) is 6.85. The minimum Gasteiger partial charge on any atom is -0.379 e. The van der Waals surface area contributed by atoms with Gasteiger partial charge >= 0.3 is 0 Å². The monoisotopic (exact) mass is 247 g/mol. The molecule has 0 aliphatic carbocycles. The van der Waals surface area contributed by atoms with Gasteiger partial charge in [-0.2, -0.15) is 0 Å². The molecule has 0 radical (unpaired) electrons. The Kier molecular flexibility index (Phi) is 4.08. The summed E-state index contributed by atoms with van der Waals surface area (Å²) in [6.07, 6.45) is 3.54. The number of rotatable bonds is 6. The van der Waals surface area contributed by atoms with E-state index in [0.717, 1.165) is 19.5 Å². The molecule has 1 aliphatic rings. The Morgan fingerprint density at radius 3 is 2.39 bits per heavy atom. The van der Waals surface area contributed by atoms with E-state index in [0.29, 0.717) is 5.41 Å². The first kappa shape index (κ1) is 13.6. The molecular weight excluding hydrogens is 222 g/mol. The molecule has 1 saturated heterocycles. The smallest absolute Gasteiger partial charge is 0.0623 e. The highest BCUT2D eigenvalue weighted by Gasteiger charge is 2.38. The molecule has 1 aliphatic heterocycles. The Balaban J connectivity index is 1.95. The van der Waals surface area contributed by atoms with E-state index in [9.17, 15) is 0 Å². The predicted molar refractivity (Wildman–Crippen MR) is 75.8 cm³/mol. The zero-order valence-corrected chi connectivity index (χ0v) is 11.8. The molecule has 1 heterocycles. The number of hydrogen-bond acceptors (Lipinski definition) is 2. The summed E-state index contributed by atoms with van der Waals surface area (Å²) < 4.78 is 5.53. The Morgan fingerprint density at radius 1 is 1.22 bits per heavy atom. The van der Waals surface area contributed by atoms with E-state index in [4.69, 9.17) is 4.74 Å². The lowest BCUT2D eigenvalue weighted by molar-refractivity contribution is -0.00301. The first-order chi connectivity index (χ1) is 8.55. The molecular formula is C16H25NO. The van der Waals surface area contributed by atoms with Crippen molar-refractivity contribution in [3.63, 3.8) is 0 Å². The van der Waals surface area contributed by atoms with Gasteiger partial charge in [-0.3, -0.25) is 0 Å². The summed E-state index contributed by atoms with van der Waals surface area (Å²) in [6, 6.07) is 10.8. The van der Waals surface area contributed by atoms with Gasteiger partial charge in [0.15, 0.2) is 0 Å². The van der Waals surface area contributed by atoms with Crippen LogP contribution < -0.4 is 5.32 Å². The topological polar surface area (TPSA) is 21.3 Å². The third kappa shape index (κ3) is 3.33. The number of benzene rings is 1. The molecule has 1 aromatic carbocycles. The Bertz CT molecular complexity index is 368. The summed E-state index contributed by atoms with van der Waals surface area (Å²) in [7, 11) is 1.81. The average Bonchev–Trinajstić information content (AvgIpc) is 2.34. The summed E-state index contributed by atoms with van der Waals surface area (Å²) in [6.45, 7) is 6.63. The quantitative estimate of drug-likeness (QED) is 0.834. The lowest BCUT2D eigenvalue weighted by Gasteiger charge is -2.44. The molecule has 1 N–H and O–H groups in total. The van der Waals surface area contributed by atoms with Gasteiger partial charge in [0.1, 0.15) is 0 Å². The normalized spacial score (nSPS) is 18.4. The summed E-state index contributed by atoms with van der Waals surface area (Å²) in [5.41, 5.74) is 1.89. The van der Waals surface area contributed by atoms with E-state index in [-0.39, 0.29) is 5.60 Å². The molecule has 0 bridgehead atoms. The number of nitrogens with one attached hydrogen (secondary N) is 1. The van der Waals surface area contributed by atoms with Crippen LogP contribution >= 0.6 is 0 Å². The van der Waals surface area contributed by atoms with Crippen molar-refractivity contribution in [3.05, 3.63) is 35.9 Å². The fourth-order valence-corrected chi connectivity index (χ4v) is 2.57. The maximum absolute atomic E-state index is 5.53. The van der Waals surface area contributed by atoms with E-state index < -0.39 is 0 Å². The van der Waals surface area contributed by atoms with Crippen LogP contribution in [-0.4, -0.2) is 25.8 Å². The molecule has 0 spiro atoms. The van der Waals surface area contributed by atoms with Crippen LogP contribution in [0.4, 0.5) is 0 Å². The summed E-state index contributed by atoms with van der Waals surface area (Å²) in [5.74, 6) is 0. The second kappa shape index (κ2) is 5.41. The van der Waals surface area contributed by atoms with Gasteiger partial charge in [0, 0.05) is 20.2 Å². The van der Waals surface area contributed by atoms with Crippen molar-refractivity contribution in [2.45, 2.75) is 38.7 Å². The van der Waals surface area contributed by atoms with E-state index in [1.54, 1.807) is 0 Å². The molecule has 0 unspecified atom stereocenters. The minimum atomic E-state index is -0.000716. The maximum atomic E-state index is 5.53. The number of ether oxygens (including phenoxy) is 1. The van der Waals surface area contributed by atoms with E-state index >= 15 is 0 Å². The van der Waals surface area contributed by atoms with Gasteiger partial charge in [-0.05, 0) is 44.1 Å². The Labute approximate surface area is 111 Å². The van der Waals surface area contributed by atoms with Gasteiger partial charge in [0.05, 0.1) is 5.60 Å². The van der Waals surface area contributed by atoms with Crippen LogP contribution in [0.3, 0.4) is 0 Å². The standard InChI is InChI=1S/C16H25NO/c1-15(2,18-3)9-10-16(12-17-13-16)11-14-7-5-4-6-8-14/h4-8,17H,9-13H2,1-3H3. The number of methoxy groups -OCH3 is 1. The van der Waals surface area contributed by atoms with Crippen molar-refractivity contribution in [2.75, 3.05) is 20.2 Å². The third-order valence-electron chi connectivity index (χ3n) is 4.23. The third-order valence-corrected chi connectivity index (χ3v) is 4.23. The van der Waals surface area contributed by atoms with Gasteiger partial charge in [-0.15, -0.1) is 0 Å². The molecule has 1 fully saturated rings. The predicted octanol–water partition coefficient (Wildman–Crippen LogP) is 3.02. The highest BCUT2D eigenvalue weighted by Crippen LogP contribution is 2.35. The van der Waals surface area contributed by atoms with Crippen molar-refractivity contribution in [1.82, 2.24) is 5.32 Å². The lowest BCUT2D eigenvalue weighted by Crippen LogP contribution is -2.55. The van der Waals surface area contributed by atoms with Crippen LogP contribution in [0, 0.1) is 5.41 Å². The summed E-state index contributed by atoms with van der Waals surface area (Å²) >= 11 is 0. The van der Waals surface area contributed by atoms with E-state index in [1.807, 2.05) is 7.11 Å². The fraction of sp³-hybridized carbons (Fsp3) is 0.625. The largest absolute Gasteiger partial charge is 0.379 e. The van der Waals surface area contributed by atoms with Crippen molar-refractivity contribution in [2.24, 2.45) is 5.41 Å². The lowest BCUT2D eigenvalue weighted by atomic mass is 9.71. The SMILES string of the molecule is COC(C)(C)CCC1(Cc2ccccc2)CNC1. The van der Waals surface area contributed by atoms with Crippen molar-refractivity contribution in [3.8, 4) is 0 Å². The number of hydrogen-bond donors (Lipinski definition) is 1. The van der Waals surface area contributed by atoms with Crippen molar-refractivity contribution < 1.29 is 4.74 Å². The summed E-state index contributed by atoms with van der Waals surface area (Å²) in [5, 5.41) is 3.44. The summed E-state index contributed by atoms with van der Waals surface area (Å²) in [4.78, 5) is 0. The van der Waals surface area contributed by atoms with Gasteiger partial charge in [-0.25, -0.2) is 0 Å². The molecule has 18 heavy (non-hydrogen) atoms. The van der Waals surface area contributed by atoms with Gasteiger partial charge in [-0.1, -0.05) is 30.3 Å². The van der Waals surface area contributed by atoms with Crippen molar-refractivity contribution >= 4 is 0 Å². The molecule has 2 heteroatoms. The zero-order chi connectivity index (χ0) is 13.1. The molecule has 0 amide bonds. The van der Waals surface area contributed by atoms with E-state index in [1.165, 1.54) is 18.4 Å². The van der Waals surface area contributed by atoms with Gasteiger partial charge in [0.25, 0.3) is 0 Å². The highest BCUT2D eigenvalue weighted by atomic mass is 16.5. The second-order valence-corrected chi connectivity index (χ2v) is 6.23. The van der Waals surface area contributed by atoms with Crippen LogP contribution in [0.5, 0.6) is 0 Å². The highest BCUT2D eigenvalue weighted by molar-refractivity contribution is 5.18.